The zero-order valence-corrected chi connectivity index (χ0v) is 27.9. The number of aromatic nitrogens is 3. The number of rotatable bonds is 6. The van der Waals surface area contributed by atoms with Crippen LogP contribution in [0.1, 0.15) is 33.6 Å². The van der Waals surface area contributed by atoms with Crippen LogP contribution in [0, 0.1) is 41.5 Å². The molecule has 2 aromatic heterocycles. The molecule has 0 aliphatic heterocycles. The van der Waals surface area contributed by atoms with Gasteiger partial charge in [0.05, 0.1) is 22.4 Å². The van der Waals surface area contributed by atoms with Gasteiger partial charge in [0.1, 0.15) is 11.5 Å². The van der Waals surface area contributed by atoms with Crippen LogP contribution in [0.5, 0.6) is 11.5 Å². The Morgan fingerprint density at radius 2 is 1.30 bits per heavy atom. The molecule has 0 saturated heterocycles. The van der Waals surface area contributed by atoms with Gasteiger partial charge in [0.15, 0.2) is 0 Å². The van der Waals surface area contributed by atoms with Gasteiger partial charge >= 0.3 is 0 Å². The molecule has 0 aliphatic rings. The zero-order valence-electron chi connectivity index (χ0n) is 27.9. The molecule has 0 fully saturated rings. The molecular weight excluding hydrogens is 564 g/mol. The van der Waals surface area contributed by atoms with Crippen LogP contribution >= 0.6 is 0 Å². The van der Waals surface area contributed by atoms with Gasteiger partial charge in [-0.3, -0.25) is 0 Å². The van der Waals surface area contributed by atoms with Crippen molar-refractivity contribution in [1.29, 1.82) is 0 Å². The first kappa shape index (κ1) is 29.4. The summed E-state index contributed by atoms with van der Waals surface area (Å²) >= 11 is 0. The van der Waals surface area contributed by atoms with E-state index in [1.807, 2.05) is 0 Å². The second kappa shape index (κ2) is 11.3. The molecule has 0 amide bonds. The molecule has 0 atom stereocenters. The van der Waals surface area contributed by atoms with Gasteiger partial charge in [0.2, 0.25) is 0 Å². The molecule has 46 heavy (non-hydrogen) atoms. The molecule has 0 unspecified atom stereocenters. The van der Waals surface area contributed by atoms with Gasteiger partial charge in [-0.05, 0) is 124 Å². The van der Waals surface area contributed by atoms with E-state index in [1.54, 1.807) is 0 Å². The topological polar surface area (TPSA) is 35.2 Å². The Morgan fingerprint density at radius 1 is 0.587 bits per heavy atom. The Hall–Kier alpha value is -5.29. The smallest absolute Gasteiger partial charge is 0.129 e. The molecule has 0 saturated carbocycles. The van der Waals surface area contributed by atoms with Crippen LogP contribution < -0.4 is 9.64 Å². The number of ether oxygens (including phenoxy) is 1. The molecule has 0 aliphatic carbocycles. The summed E-state index contributed by atoms with van der Waals surface area (Å²) < 4.78 is 11.0. The van der Waals surface area contributed by atoms with Crippen LogP contribution in [0.25, 0.3) is 44.3 Å². The standard InChI is InChI=1S/C41H40N4O/c1-25-12-11-13-31(18-25)44-38-15-10-9-14-36(38)37-17-16-34(24-39(37)44)46-35-20-26(2)19-33(23-35)45-30(6)41(29(5)42-45)40-27(3)21-32(43(7)8)22-28(40)4/h9-24H,1-8H3. The number of nitrogens with zero attached hydrogens (tertiary/aromatic N) is 4. The first-order valence-electron chi connectivity index (χ1n) is 15.8. The van der Waals surface area contributed by atoms with Crippen LogP contribution in [0.2, 0.25) is 0 Å². The Labute approximate surface area is 271 Å². The number of hydrogen-bond donors (Lipinski definition) is 0. The van der Waals surface area contributed by atoms with Gasteiger partial charge in [0, 0.05) is 59.6 Å². The van der Waals surface area contributed by atoms with E-state index in [2.05, 4.69) is 167 Å². The third-order valence-corrected chi connectivity index (χ3v) is 9.00. The Bertz CT molecular complexity index is 2260. The number of hydrogen-bond acceptors (Lipinski definition) is 3. The zero-order chi connectivity index (χ0) is 32.3. The van der Waals surface area contributed by atoms with Crippen molar-refractivity contribution >= 4 is 27.5 Å². The van der Waals surface area contributed by atoms with E-state index in [0.717, 1.165) is 45.3 Å². The summed E-state index contributed by atoms with van der Waals surface area (Å²) in [5.41, 5.74) is 15.0. The molecule has 7 aromatic rings. The first-order chi connectivity index (χ1) is 22.1. The van der Waals surface area contributed by atoms with E-state index < -0.39 is 0 Å². The minimum absolute atomic E-state index is 0.782. The number of benzene rings is 5. The predicted molar refractivity (Wildman–Crippen MR) is 193 cm³/mol. The van der Waals surface area contributed by atoms with Crippen LogP contribution in [0.3, 0.4) is 0 Å². The normalized spacial score (nSPS) is 11.5. The Morgan fingerprint density at radius 3 is 2.04 bits per heavy atom. The molecule has 2 heterocycles. The lowest BCUT2D eigenvalue weighted by atomic mass is 9.93. The van der Waals surface area contributed by atoms with E-state index in [9.17, 15) is 0 Å². The number of fused-ring (bicyclic) bond motifs is 3. The summed E-state index contributed by atoms with van der Waals surface area (Å²) in [4.78, 5) is 2.15. The fourth-order valence-corrected chi connectivity index (χ4v) is 6.95. The molecule has 0 spiro atoms. The van der Waals surface area contributed by atoms with Crippen molar-refractivity contribution in [2.24, 2.45) is 0 Å². The monoisotopic (exact) mass is 604 g/mol. The van der Waals surface area contributed by atoms with Gasteiger partial charge in [-0.15, -0.1) is 0 Å². The minimum Gasteiger partial charge on any atom is -0.457 e. The van der Waals surface area contributed by atoms with E-state index >= 15 is 0 Å². The van der Waals surface area contributed by atoms with Crippen LogP contribution in [0.4, 0.5) is 5.69 Å². The fraction of sp³-hybridized carbons (Fsp3) is 0.195. The number of para-hydroxylation sites is 1. The number of anilines is 1. The number of aryl methyl sites for hydroxylation is 5. The molecule has 5 nitrogen and oxygen atoms in total. The summed E-state index contributed by atoms with van der Waals surface area (Å²) in [6, 6.07) is 34.5. The van der Waals surface area contributed by atoms with Gasteiger partial charge in [-0.2, -0.15) is 5.10 Å². The third kappa shape index (κ3) is 5.02. The van der Waals surface area contributed by atoms with Gasteiger partial charge < -0.3 is 14.2 Å². The van der Waals surface area contributed by atoms with E-state index in [-0.39, 0.29) is 0 Å². The SMILES string of the molecule is Cc1cc(Oc2ccc3c4ccccc4n(-c4cccc(C)c4)c3c2)cc(-n2nc(C)c(-c3c(C)cc(N(C)C)cc3C)c2C)c1. The van der Waals surface area contributed by atoms with Gasteiger partial charge in [-0.1, -0.05) is 30.3 Å². The molecule has 5 heteroatoms. The summed E-state index contributed by atoms with van der Waals surface area (Å²) in [7, 11) is 4.17. The Balaban J connectivity index is 1.29. The average molecular weight is 605 g/mol. The van der Waals surface area contributed by atoms with E-state index in [1.165, 1.54) is 49.8 Å². The maximum atomic E-state index is 6.62. The predicted octanol–water partition coefficient (Wildman–Crippen LogP) is 10.3. The van der Waals surface area contributed by atoms with E-state index in [4.69, 9.17) is 9.84 Å². The second-order valence-corrected chi connectivity index (χ2v) is 12.8. The largest absolute Gasteiger partial charge is 0.457 e. The summed E-state index contributed by atoms with van der Waals surface area (Å²) in [5, 5.41) is 7.48. The van der Waals surface area contributed by atoms with Crippen molar-refractivity contribution in [3.8, 4) is 34.0 Å². The van der Waals surface area contributed by atoms with Crippen molar-refractivity contribution in [3.05, 3.63) is 131 Å². The van der Waals surface area contributed by atoms with Crippen molar-refractivity contribution in [2.45, 2.75) is 41.5 Å². The summed E-state index contributed by atoms with van der Waals surface area (Å²) in [6.45, 7) is 12.9. The Kier molecular flexibility index (Phi) is 7.20. The summed E-state index contributed by atoms with van der Waals surface area (Å²) in [5.74, 6) is 1.58. The quantitative estimate of drug-likeness (QED) is 0.189. The molecule has 0 N–H and O–H groups in total. The van der Waals surface area contributed by atoms with Crippen molar-refractivity contribution in [3.63, 3.8) is 0 Å². The lowest BCUT2D eigenvalue weighted by molar-refractivity contribution is 0.482. The molecular formula is C41H40N4O. The van der Waals surface area contributed by atoms with Crippen LogP contribution in [-0.2, 0) is 0 Å². The molecule has 7 rings (SSSR count). The third-order valence-electron chi connectivity index (χ3n) is 9.00. The highest BCUT2D eigenvalue weighted by atomic mass is 16.5. The lowest BCUT2D eigenvalue weighted by Gasteiger charge is -2.18. The highest BCUT2D eigenvalue weighted by molar-refractivity contribution is 6.09. The minimum atomic E-state index is 0.782. The molecule has 0 radical (unpaired) electrons. The van der Waals surface area contributed by atoms with Crippen LogP contribution in [0.15, 0.2) is 97.1 Å². The molecule has 0 bridgehead atoms. The second-order valence-electron chi connectivity index (χ2n) is 12.8. The van der Waals surface area contributed by atoms with Crippen molar-refractivity contribution in [1.82, 2.24) is 14.3 Å². The molecule has 5 aromatic carbocycles. The van der Waals surface area contributed by atoms with Crippen molar-refractivity contribution in [2.75, 3.05) is 19.0 Å². The average Bonchev–Trinajstić information content (AvgIpc) is 3.49. The van der Waals surface area contributed by atoms with Crippen molar-refractivity contribution < 1.29 is 4.74 Å². The summed E-state index contributed by atoms with van der Waals surface area (Å²) in [6.07, 6.45) is 0. The fourth-order valence-electron chi connectivity index (χ4n) is 6.95. The maximum absolute atomic E-state index is 6.62. The van der Waals surface area contributed by atoms with Gasteiger partial charge in [-0.25, -0.2) is 4.68 Å². The lowest BCUT2D eigenvalue weighted by Crippen LogP contribution is -2.09. The maximum Gasteiger partial charge on any atom is 0.129 e. The van der Waals surface area contributed by atoms with E-state index in [0.29, 0.717) is 0 Å². The highest BCUT2D eigenvalue weighted by Gasteiger charge is 2.20. The van der Waals surface area contributed by atoms with Crippen LogP contribution in [-0.4, -0.2) is 28.4 Å². The highest BCUT2D eigenvalue weighted by Crippen LogP contribution is 2.38. The first-order valence-corrected chi connectivity index (χ1v) is 15.8. The van der Waals surface area contributed by atoms with Gasteiger partial charge in [0.25, 0.3) is 0 Å². The molecule has 230 valence electrons.